The first-order valence-corrected chi connectivity index (χ1v) is 8.36. The first-order valence-electron chi connectivity index (χ1n) is 7.54. The molecule has 0 fully saturated rings. The molecule has 1 amide bonds. The molecule has 0 aliphatic carbocycles. The van der Waals surface area contributed by atoms with Gasteiger partial charge in [-0.2, -0.15) is 0 Å². The SMILES string of the molecule is Cc1cnc(NC(=O)[C@@H](C)Oc2nn(-c3ccccc3)cc2C)s1. The van der Waals surface area contributed by atoms with E-state index in [4.69, 9.17) is 4.74 Å². The minimum atomic E-state index is -0.674. The summed E-state index contributed by atoms with van der Waals surface area (Å²) in [6.07, 6.45) is 2.92. The van der Waals surface area contributed by atoms with Gasteiger partial charge in [-0.25, -0.2) is 9.67 Å². The fraction of sp³-hybridized carbons (Fsp3) is 0.235. The predicted molar refractivity (Wildman–Crippen MR) is 93.9 cm³/mol. The number of aromatic nitrogens is 3. The van der Waals surface area contributed by atoms with E-state index in [9.17, 15) is 4.79 Å². The minimum Gasteiger partial charge on any atom is -0.463 e. The van der Waals surface area contributed by atoms with Crippen LogP contribution in [0, 0.1) is 13.8 Å². The average Bonchev–Trinajstić information content (AvgIpc) is 3.14. The Kier molecular flexibility index (Phi) is 4.61. The molecule has 0 saturated carbocycles. The van der Waals surface area contributed by atoms with E-state index >= 15 is 0 Å². The van der Waals surface area contributed by atoms with Crippen LogP contribution in [0.1, 0.15) is 17.4 Å². The van der Waals surface area contributed by atoms with E-state index in [0.717, 1.165) is 16.1 Å². The number of para-hydroxylation sites is 1. The fourth-order valence-corrected chi connectivity index (χ4v) is 2.78. The number of nitrogens with one attached hydrogen (secondary N) is 1. The van der Waals surface area contributed by atoms with Gasteiger partial charge in [0.05, 0.1) is 5.69 Å². The maximum absolute atomic E-state index is 12.2. The maximum Gasteiger partial charge on any atom is 0.266 e. The molecular formula is C17H18N4O2S. The lowest BCUT2D eigenvalue weighted by molar-refractivity contribution is -0.122. The van der Waals surface area contributed by atoms with Crippen LogP contribution in [0.2, 0.25) is 0 Å². The Balaban J connectivity index is 1.69. The van der Waals surface area contributed by atoms with Crippen LogP contribution in [0.5, 0.6) is 5.88 Å². The van der Waals surface area contributed by atoms with Crippen LogP contribution in [0.3, 0.4) is 0 Å². The summed E-state index contributed by atoms with van der Waals surface area (Å²) >= 11 is 1.43. The van der Waals surface area contributed by atoms with Crippen LogP contribution in [0.4, 0.5) is 5.13 Å². The predicted octanol–water partition coefficient (Wildman–Crippen LogP) is 3.35. The van der Waals surface area contributed by atoms with Crippen LogP contribution >= 0.6 is 11.3 Å². The van der Waals surface area contributed by atoms with Crippen molar-refractivity contribution in [2.24, 2.45) is 0 Å². The third-order valence-corrected chi connectivity index (χ3v) is 4.21. The van der Waals surface area contributed by atoms with Gasteiger partial charge in [0.1, 0.15) is 0 Å². The summed E-state index contributed by atoms with van der Waals surface area (Å²) in [6, 6.07) is 9.75. The average molecular weight is 342 g/mol. The van der Waals surface area contributed by atoms with Crippen molar-refractivity contribution in [1.29, 1.82) is 0 Å². The second kappa shape index (κ2) is 6.84. The highest BCUT2D eigenvalue weighted by Gasteiger charge is 2.19. The molecule has 6 nitrogen and oxygen atoms in total. The smallest absolute Gasteiger partial charge is 0.266 e. The second-order valence-electron chi connectivity index (χ2n) is 5.42. The summed E-state index contributed by atoms with van der Waals surface area (Å²) in [6.45, 7) is 5.53. The van der Waals surface area contributed by atoms with Crippen molar-refractivity contribution in [3.05, 3.63) is 53.2 Å². The molecule has 0 radical (unpaired) electrons. The number of benzene rings is 1. The Labute approximate surface area is 144 Å². The first kappa shape index (κ1) is 16.2. The zero-order chi connectivity index (χ0) is 17.1. The van der Waals surface area contributed by atoms with E-state index in [1.165, 1.54) is 11.3 Å². The number of ether oxygens (including phenoxy) is 1. The van der Waals surface area contributed by atoms with Gasteiger partial charge in [-0.1, -0.05) is 18.2 Å². The lowest BCUT2D eigenvalue weighted by atomic mass is 10.3. The van der Waals surface area contributed by atoms with Crippen molar-refractivity contribution < 1.29 is 9.53 Å². The largest absolute Gasteiger partial charge is 0.463 e. The third-order valence-electron chi connectivity index (χ3n) is 3.38. The van der Waals surface area contributed by atoms with Crippen LogP contribution in [0.15, 0.2) is 42.7 Å². The molecule has 2 heterocycles. The third kappa shape index (κ3) is 3.62. The van der Waals surface area contributed by atoms with Gasteiger partial charge >= 0.3 is 0 Å². The number of hydrogen-bond acceptors (Lipinski definition) is 5. The van der Waals surface area contributed by atoms with E-state index in [0.29, 0.717) is 11.0 Å². The highest BCUT2D eigenvalue weighted by Crippen LogP contribution is 2.20. The van der Waals surface area contributed by atoms with Gasteiger partial charge in [0, 0.05) is 22.8 Å². The molecule has 0 bridgehead atoms. The van der Waals surface area contributed by atoms with E-state index in [1.54, 1.807) is 17.8 Å². The molecule has 0 aliphatic rings. The van der Waals surface area contributed by atoms with Gasteiger partial charge in [0.15, 0.2) is 11.2 Å². The summed E-state index contributed by atoms with van der Waals surface area (Å²) in [5, 5.41) is 7.73. The van der Waals surface area contributed by atoms with Crippen LogP contribution in [-0.4, -0.2) is 26.8 Å². The van der Waals surface area contributed by atoms with Crippen molar-refractivity contribution in [1.82, 2.24) is 14.8 Å². The van der Waals surface area contributed by atoms with Crippen LogP contribution in [0.25, 0.3) is 5.69 Å². The van der Waals surface area contributed by atoms with Crippen LogP contribution in [-0.2, 0) is 4.79 Å². The Morgan fingerprint density at radius 1 is 1.29 bits per heavy atom. The zero-order valence-corrected chi connectivity index (χ0v) is 14.5. The number of nitrogens with zero attached hydrogens (tertiary/aromatic N) is 3. The molecule has 24 heavy (non-hydrogen) atoms. The molecule has 124 valence electrons. The molecule has 1 aromatic carbocycles. The summed E-state index contributed by atoms with van der Waals surface area (Å²) in [5.74, 6) is 0.190. The first-order chi connectivity index (χ1) is 11.5. The van der Waals surface area contributed by atoms with Crippen molar-refractivity contribution >= 4 is 22.4 Å². The van der Waals surface area contributed by atoms with Crippen molar-refractivity contribution in [2.45, 2.75) is 26.9 Å². The molecule has 0 unspecified atom stereocenters. The molecule has 1 atom stereocenters. The molecule has 7 heteroatoms. The number of anilines is 1. The number of aryl methyl sites for hydroxylation is 2. The summed E-state index contributed by atoms with van der Waals surface area (Å²) in [4.78, 5) is 17.4. The van der Waals surface area contributed by atoms with Crippen molar-refractivity contribution in [2.75, 3.05) is 5.32 Å². The van der Waals surface area contributed by atoms with E-state index in [-0.39, 0.29) is 5.91 Å². The summed E-state index contributed by atoms with van der Waals surface area (Å²) in [5.41, 5.74) is 1.80. The molecular weight excluding hydrogens is 324 g/mol. The number of carbonyl (C=O) groups excluding carboxylic acids is 1. The highest BCUT2D eigenvalue weighted by atomic mass is 32.1. The van der Waals surface area contributed by atoms with Gasteiger partial charge in [-0.3, -0.25) is 10.1 Å². The molecule has 0 spiro atoms. The number of amides is 1. The minimum absolute atomic E-state index is 0.252. The molecule has 2 aromatic heterocycles. The second-order valence-corrected chi connectivity index (χ2v) is 6.66. The van der Waals surface area contributed by atoms with Gasteiger partial charge in [0.25, 0.3) is 5.91 Å². The standard InChI is InChI=1S/C17H18N4O2S/c1-11-10-21(14-7-5-4-6-8-14)20-16(11)23-13(3)15(22)19-17-18-9-12(2)24-17/h4-10,13H,1-3H3,(H,18,19,22)/t13-/m1/s1. The zero-order valence-electron chi connectivity index (χ0n) is 13.7. The monoisotopic (exact) mass is 342 g/mol. The van der Waals surface area contributed by atoms with Crippen LogP contribution < -0.4 is 10.1 Å². The fourth-order valence-electron chi connectivity index (χ4n) is 2.11. The lowest BCUT2D eigenvalue weighted by Crippen LogP contribution is -2.30. The topological polar surface area (TPSA) is 69.0 Å². The molecule has 0 aliphatic heterocycles. The van der Waals surface area contributed by atoms with Crippen molar-refractivity contribution in [3.8, 4) is 11.6 Å². The number of thiazole rings is 1. The summed E-state index contributed by atoms with van der Waals surface area (Å²) in [7, 11) is 0. The Hall–Kier alpha value is -2.67. The van der Waals surface area contributed by atoms with E-state index < -0.39 is 6.10 Å². The number of carbonyl (C=O) groups is 1. The maximum atomic E-state index is 12.2. The van der Waals surface area contributed by atoms with Gasteiger partial charge in [-0.05, 0) is 32.9 Å². The number of rotatable bonds is 5. The molecule has 3 rings (SSSR count). The Morgan fingerprint density at radius 3 is 2.71 bits per heavy atom. The van der Waals surface area contributed by atoms with E-state index in [1.807, 2.05) is 50.4 Å². The molecule has 0 saturated heterocycles. The van der Waals surface area contributed by atoms with Gasteiger partial charge in [-0.15, -0.1) is 16.4 Å². The number of hydrogen-bond donors (Lipinski definition) is 1. The normalized spacial score (nSPS) is 12.0. The Bertz CT molecular complexity index is 841. The molecule has 3 aromatic rings. The molecule has 1 N–H and O–H groups in total. The summed E-state index contributed by atoms with van der Waals surface area (Å²) < 4.78 is 7.46. The Morgan fingerprint density at radius 2 is 2.04 bits per heavy atom. The van der Waals surface area contributed by atoms with Gasteiger partial charge in [0.2, 0.25) is 5.88 Å². The van der Waals surface area contributed by atoms with Gasteiger partial charge < -0.3 is 4.74 Å². The van der Waals surface area contributed by atoms with Crippen molar-refractivity contribution in [3.63, 3.8) is 0 Å². The van der Waals surface area contributed by atoms with E-state index in [2.05, 4.69) is 15.4 Å². The lowest BCUT2D eigenvalue weighted by Gasteiger charge is -2.12. The quantitative estimate of drug-likeness (QED) is 0.772. The highest BCUT2D eigenvalue weighted by molar-refractivity contribution is 7.15.